The molecule has 0 atom stereocenters. The van der Waals surface area contributed by atoms with Gasteiger partial charge < -0.3 is 14.9 Å². The van der Waals surface area contributed by atoms with Gasteiger partial charge in [0.15, 0.2) is 0 Å². The minimum atomic E-state index is -0.609. The van der Waals surface area contributed by atoms with Gasteiger partial charge in [0.05, 0.1) is 23.4 Å². The summed E-state index contributed by atoms with van der Waals surface area (Å²) in [6, 6.07) is 17.4. The zero-order chi connectivity index (χ0) is 20.5. The normalized spacial score (nSPS) is 11.0. The second kappa shape index (κ2) is 7.60. The monoisotopic (exact) mass is 406 g/mol. The Morgan fingerprint density at radius 1 is 1.10 bits per heavy atom. The SMILES string of the molecule is CCOC(=O)c1oc2nc(-c3ccc(C)cc3)cc(-c3ccc(Cl)cc3)c2c1N. The molecule has 0 radical (unpaired) electrons. The molecule has 146 valence electrons. The number of aryl methyl sites for hydroxylation is 1. The van der Waals surface area contributed by atoms with Crippen LogP contribution in [0.1, 0.15) is 23.0 Å². The Morgan fingerprint density at radius 3 is 2.41 bits per heavy atom. The van der Waals surface area contributed by atoms with Crippen LogP contribution < -0.4 is 5.73 Å². The lowest BCUT2D eigenvalue weighted by atomic mass is 9.99. The third-order valence-corrected chi connectivity index (χ3v) is 4.91. The van der Waals surface area contributed by atoms with E-state index < -0.39 is 5.97 Å². The third-order valence-electron chi connectivity index (χ3n) is 4.66. The van der Waals surface area contributed by atoms with Crippen LogP contribution in [-0.4, -0.2) is 17.6 Å². The Hall–Kier alpha value is -3.31. The van der Waals surface area contributed by atoms with Crippen molar-refractivity contribution in [3.05, 3.63) is 70.9 Å². The fourth-order valence-electron chi connectivity index (χ4n) is 3.20. The molecule has 0 aliphatic heterocycles. The van der Waals surface area contributed by atoms with Crippen molar-refractivity contribution in [3.8, 4) is 22.4 Å². The van der Waals surface area contributed by atoms with Crippen LogP contribution in [0.3, 0.4) is 0 Å². The predicted molar refractivity (Wildman–Crippen MR) is 115 cm³/mol. The van der Waals surface area contributed by atoms with Gasteiger partial charge >= 0.3 is 5.97 Å². The van der Waals surface area contributed by atoms with E-state index in [0.29, 0.717) is 16.1 Å². The van der Waals surface area contributed by atoms with Gasteiger partial charge in [-0.2, -0.15) is 0 Å². The molecule has 4 rings (SSSR count). The van der Waals surface area contributed by atoms with Gasteiger partial charge in [-0.05, 0) is 43.2 Å². The highest BCUT2D eigenvalue weighted by atomic mass is 35.5. The highest BCUT2D eigenvalue weighted by Gasteiger charge is 2.24. The van der Waals surface area contributed by atoms with Crippen molar-refractivity contribution >= 4 is 34.4 Å². The maximum Gasteiger partial charge on any atom is 0.376 e. The smallest absolute Gasteiger partial charge is 0.376 e. The number of nitrogen functional groups attached to an aromatic ring is 1. The maximum absolute atomic E-state index is 12.3. The highest BCUT2D eigenvalue weighted by Crippen LogP contribution is 2.39. The second-order valence-electron chi connectivity index (χ2n) is 6.67. The van der Waals surface area contributed by atoms with Gasteiger partial charge in [-0.3, -0.25) is 0 Å². The first kappa shape index (κ1) is 19.0. The largest absolute Gasteiger partial charge is 0.460 e. The van der Waals surface area contributed by atoms with Crippen molar-refractivity contribution in [2.24, 2.45) is 0 Å². The molecule has 29 heavy (non-hydrogen) atoms. The Kier molecular flexibility index (Phi) is 4.99. The number of carbonyl (C=O) groups is 1. The van der Waals surface area contributed by atoms with E-state index in [0.717, 1.165) is 22.3 Å². The lowest BCUT2D eigenvalue weighted by Crippen LogP contribution is -2.05. The van der Waals surface area contributed by atoms with Gasteiger partial charge in [-0.1, -0.05) is 53.6 Å². The zero-order valence-electron chi connectivity index (χ0n) is 16.0. The van der Waals surface area contributed by atoms with Crippen LogP contribution in [0.5, 0.6) is 0 Å². The van der Waals surface area contributed by atoms with Crippen LogP contribution in [0.15, 0.2) is 59.0 Å². The van der Waals surface area contributed by atoms with Crippen LogP contribution in [-0.2, 0) is 4.74 Å². The van der Waals surface area contributed by atoms with Crippen molar-refractivity contribution in [1.29, 1.82) is 0 Å². The molecular formula is C23H19ClN2O3. The van der Waals surface area contributed by atoms with Gasteiger partial charge in [-0.25, -0.2) is 9.78 Å². The maximum atomic E-state index is 12.3. The van der Waals surface area contributed by atoms with Gasteiger partial charge in [0, 0.05) is 10.6 Å². The van der Waals surface area contributed by atoms with Gasteiger partial charge in [-0.15, -0.1) is 0 Å². The number of pyridine rings is 1. The molecule has 0 spiro atoms. The molecule has 2 aromatic carbocycles. The van der Waals surface area contributed by atoms with E-state index in [2.05, 4.69) is 4.98 Å². The minimum Gasteiger partial charge on any atom is -0.460 e. The summed E-state index contributed by atoms with van der Waals surface area (Å²) in [6.07, 6.45) is 0. The van der Waals surface area contributed by atoms with Gasteiger partial charge in [0.25, 0.3) is 0 Å². The number of anilines is 1. The number of fused-ring (bicyclic) bond motifs is 1. The first-order valence-corrected chi connectivity index (χ1v) is 9.59. The number of nitrogens with two attached hydrogens (primary N) is 1. The number of furan rings is 1. The van der Waals surface area contributed by atoms with E-state index in [9.17, 15) is 4.79 Å². The molecule has 0 aliphatic carbocycles. The van der Waals surface area contributed by atoms with Crippen LogP contribution in [0, 0.1) is 6.92 Å². The quantitative estimate of drug-likeness (QED) is 0.428. The highest BCUT2D eigenvalue weighted by molar-refractivity contribution is 6.30. The number of hydrogen-bond donors (Lipinski definition) is 1. The topological polar surface area (TPSA) is 78.3 Å². The van der Waals surface area contributed by atoms with E-state index >= 15 is 0 Å². The molecule has 0 bridgehead atoms. The minimum absolute atomic E-state index is 0.0365. The molecule has 0 unspecified atom stereocenters. The first-order chi connectivity index (χ1) is 14.0. The Balaban J connectivity index is 1.99. The summed E-state index contributed by atoms with van der Waals surface area (Å²) in [5, 5.41) is 1.21. The number of hydrogen-bond acceptors (Lipinski definition) is 5. The van der Waals surface area contributed by atoms with Gasteiger partial charge in [0.1, 0.15) is 0 Å². The molecule has 0 fully saturated rings. The summed E-state index contributed by atoms with van der Waals surface area (Å²) >= 11 is 6.05. The molecule has 0 amide bonds. The molecule has 5 nitrogen and oxygen atoms in total. The fourth-order valence-corrected chi connectivity index (χ4v) is 3.32. The zero-order valence-corrected chi connectivity index (χ0v) is 16.8. The summed E-state index contributed by atoms with van der Waals surface area (Å²) in [6.45, 7) is 3.98. The summed E-state index contributed by atoms with van der Waals surface area (Å²) in [7, 11) is 0. The van der Waals surface area contributed by atoms with Crippen molar-refractivity contribution < 1.29 is 13.9 Å². The van der Waals surface area contributed by atoms with Crippen LogP contribution in [0.4, 0.5) is 5.69 Å². The number of nitrogens with zero attached hydrogens (tertiary/aromatic N) is 1. The van der Waals surface area contributed by atoms with E-state index in [1.54, 1.807) is 19.1 Å². The molecule has 0 aliphatic rings. The van der Waals surface area contributed by atoms with E-state index in [-0.39, 0.29) is 23.8 Å². The van der Waals surface area contributed by atoms with Gasteiger partial charge in [0.2, 0.25) is 11.5 Å². The summed E-state index contributed by atoms with van der Waals surface area (Å²) in [5.41, 5.74) is 11.3. The molecule has 0 saturated carbocycles. The predicted octanol–water partition coefficient (Wildman–Crippen LogP) is 5.88. The van der Waals surface area contributed by atoms with Crippen LogP contribution in [0.25, 0.3) is 33.5 Å². The standard InChI is InChI=1S/C23H19ClN2O3/c1-3-28-23(27)21-20(25)19-17(14-8-10-16(24)11-9-14)12-18(26-22(19)29-21)15-6-4-13(2)5-7-15/h4-12H,3,25H2,1-2H3. The Bertz CT molecular complexity index is 1200. The van der Waals surface area contributed by atoms with Crippen LogP contribution in [0.2, 0.25) is 5.02 Å². The molecule has 4 aromatic rings. The third kappa shape index (κ3) is 3.57. The van der Waals surface area contributed by atoms with E-state index in [1.807, 2.05) is 49.4 Å². The second-order valence-corrected chi connectivity index (χ2v) is 7.11. The molecule has 2 heterocycles. The van der Waals surface area contributed by atoms with Crippen molar-refractivity contribution in [2.75, 3.05) is 12.3 Å². The lowest BCUT2D eigenvalue weighted by Gasteiger charge is -2.08. The van der Waals surface area contributed by atoms with Crippen molar-refractivity contribution in [3.63, 3.8) is 0 Å². The van der Waals surface area contributed by atoms with E-state index in [1.165, 1.54) is 0 Å². The first-order valence-electron chi connectivity index (χ1n) is 9.21. The average molecular weight is 407 g/mol. The van der Waals surface area contributed by atoms with Crippen molar-refractivity contribution in [1.82, 2.24) is 4.98 Å². The van der Waals surface area contributed by atoms with Crippen molar-refractivity contribution in [2.45, 2.75) is 13.8 Å². The fraction of sp³-hybridized carbons (Fsp3) is 0.130. The average Bonchev–Trinajstić information content (AvgIpc) is 3.05. The number of ether oxygens (including phenoxy) is 1. The molecule has 2 N–H and O–H groups in total. The number of esters is 1. The molecular weight excluding hydrogens is 388 g/mol. The summed E-state index contributed by atoms with van der Waals surface area (Å²) < 4.78 is 10.8. The Labute approximate surface area is 173 Å². The summed E-state index contributed by atoms with van der Waals surface area (Å²) in [4.78, 5) is 16.9. The number of carbonyl (C=O) groups excluding carboxylic acids is 1. The number of aromatic nitrogens is 1. The van der Waals surface area contributed by atoms with E-state index in [4.69, 9.17) is 26.5 Å². The molecule has 0 saturated heterocycles. The Morgan fingerprint density at radius 2 is 1.76 bits per heavy atom. The molecule has 2 aromatic heterocycles. The molecule has 6 heteroatoms. The number of rotatable bonds is 4. The number of halogens is 1. The number of benzene rings is 2. The lowest BCUT2D eigenvalue weighted by molar-refractivity contribution is 0.0494. The summed E-state index contributed by atoms with van der Waals surface area (Å²) in [5.74, 6) is -0.646. The van der Waals surface area contributed by atoms with Crippen LogP contribution >= 0.6 is 11.6 Å².